The van der Waals surface area contributed by atoms with Crippen LogP contribution in [0.3, 0.4) is 0 Å². The van der Waals surface area contributed by atoms with Gasteiger partial charge >= 0.3 is 0 Å². The first-order valence-corrected chi connectivity index (χ1v) is 9.03. The van der Waals surface area contributed by atoms with Crippen LogP contribution in [0.25, 0.3) is 0 Å². The number of hydrogen-bond donors (Lipinski definition) is 1. The van der Waals surface area contributed by atoms with Gasteiger partial charge in [0.05, 0.1) is 11.5 Å². The van der Waals surface area contributed by atoms with Gasteiger partial charge in [0.1, 0.15) is 5.54 Å². The summed E-state index contributed by atoms with van der Waals surface area (Å²) in [5, 5.41) is 11.1. The van der Waals surface area contributed by atoms with Crippen molar-refractivity contribution in [3.05, 3.63) is 112 Å². The summed E-state index contributed by atoms with van der Waals surface area (Å²) in [6.07, 6.45) is 0. The average molecular weight is 372 g/mol. The Hall–Kier alpha value is -3.67. The molecule has 0 radical (unpaired) electrons. The monoisotopic (exact) mass is 372 g/mol. The van der Waals surface area contributed by atoms with Crippen molar-refractivity contribution in [3.63, 3.8) is 0 Å². The molecule has 0 spiro atoms. The number of nitrogens with two attached hydrogens (primary N) is 1. The third kappa shape index (κ3) is 3.20. The lowest BCUT2D eigenvalue weighted by atomic mass is 9.83. The number of rotatable bonds is 5. The Morgan fingerprint density at radius 2 is 1.57 bits per heavy atom. The molecule has 6 heteroatoms. The molecule has 6 nitrogen and oxygen atoms in total. The van der Waals surface area contributed by atoms with Crippen molar-refractivity contribution in [2.45, 2.75) is 12.1 Å². The molecule has 0 amide bonds. The van der Waals surface area contributed by atoms with E-state index in [1.165, 1.54) is 6.07 Å². The van der Waals surface area contributed by atoms with E-state index in [2.05, 4.69) is 24.3 Å². The van der Waals surface area contributed by atoms with Crippen LogP contribution >= 0.6 is 0 Å². The summed E-state index contributed by atoms with van der Waals surface area (Å²) in [4.78, 5) is 17.5. The first kappa shape index (κ1) is 17.7. The van der Waals surface area contributed by atoms with Crippen molar-refractivity contribution in [1.29, 1.82) is 0 Å². The maximum atomic E-state index is 11.1. The van der Waals surface area contributed by atoms with Crippen LogP contribution in [-0.2, 0) is 12.1 Å². The van der Waals surface area contributed by atoms with Crippen molar-refractivity contribution >= 4 is 11.6 Å². The topological polar surface area (TPSA) is 84.8 Å². The second kappa shape index (κ2) is 7.15. The summed E-state index contributed by atoms with van der Waals surface area (Å²) in [5.74, 6) is 0.430. The summed E-state index contributed by atoms with van der Waals surface area (Å²) in [6.45, 7) is 1.02. The van der Waals surface area contributed by atoms with E-state index in [4.69, 9.17) is 10.7 Å². The lowest BCUT2D eigenvalue weighted by Crippen LogP contribution is -2.37. The molecule has 0 saturated heterocycles. The van der Waals surface area contributed by atoms with E-state index >= 15 is 0 Å². The van der Waals surface area contributed by atoms with Crippen LogP contribution in [0.15, 0.2) is 89.9 Å². The quantitative estimate of drug-likeness (QED) is 0.547. The highest BCUT2D eigenvalue weighted by atomic mass is 16.6. The van der Waals surface area contributed by atoms with Gasteiger partial charge in [0.25, 0.3) is 5.69 Å². The number of benzene rings is 3. The number of nitro benzene ring substituents is 1. The lowest BCUT2D eigenvalue weighted by Gasteiger charge is -2.29. The molecule has 1 aliphatic rings. The highest BCUT2D eigenvalue weighted by molar-refractivity contribution is 5.82. The van der Waals surface area contributed by atoms with Crippen LogP contribution in [0.1, 0.15) is 16.7 Å². The molecular weight excluding hydrogens is 352 g/mol. The number of nitro groups is 1. The largest absolute Gasteiger partial charge is 0.370 e. The van der Waals surface area contributed by atoms with Gasteiger partial charge in [-0.15, -0.1) is 0 Å². The fourth-order valence-corrected chi connectivity index (χ4v) is 3.69. The predicted molar refractivity (Wildman–Crippen MR) is 109 cm³/mol. The Bertz CT molecular complexity index is 979. The van der Waals surface area contributed by atoms with Crippen LogP contribution in [-0.4, -0.2) is 22.3 Å². The third-order valence-electron chi connectivity index (χ3n) is 5.05. The zero-order valence-electron chi connectivity index (χ0n) is 15.2. The van der Waals surface area contributed by atoms with Crippen molar-refractivity contribution in [3.8, 4) is 0 Å². The maximum absolute atomic E-state index is 11.1. The van der Waals surface area contributed by atoms with Gasteiger partial charge in [-0.2, -0.15) is 0 Å². The fraction of sp³-hybridized carbons (Fsp3) is 0.136. The van der Waals surface area contributed by atoms with Crippen LogP contribution in [0.2, 0.25) is 0 Å². The molecule has 0 aromatic heterocycles. The van der Waals surface area contributed by atoms with Crippen LogP contribution < -0.4 is 5.73 Å². The van der Waals surface area contributed by atoms with Gasteiger partial charge < -0.3 is 10.6 Å². The van der Waals surface area contributed by atoms with E-state index < -0.39 is 5.54 Å². The second-order valence-electron chi connectivity index (χ2n) is 6.85. The zero-order chi connectivity index (χ0) is 19.6. The van der Waals surface area contributed by atoms with Crippen LogP contribution in [0.4, 0.5) is 5.69 Å². The van der Waals surface area contributed by atoms with Crippen molar-refractivity contribution in [1.82, 2.24) is 4.90 Å². The summed E-state index contributed by atoms with van der Waals surface area (Å²) in [6, 6.07) is 26.8. The smallest absolute Gasteiger partial charge is 0.269 e. The molecule has 28 heavy (non-hydrogen) atoms. The molecule has 3 aromatic carbocycles. The molecule has 4 rings (SSSR count). The van der Waals surface area contributed by atoms with Gasteiger partial charge in [0.15, 0.2) is 5.96 Å². The number of nitrogens with zero attached hydrogens (tertiary/aromatic N) is 3. The molecule has 1 aliphatic heterocycles. The standard InChI is InChI=1S/C22H20N4O2/c23-21-24-22(18-9-3-1-4-10-18,19-11-5-2-6-12-19)16-25(21)15-17-8-7-13-20(14-17)26(27)28/h1-14H,15-16H2,(H2,23,24). The number of guanidine groups is 1. The summed E-state index contributed by atoms with van der Waals surface area (Å²) < 4.78 is 0. The maximum Gasteiger partial charge on any atom is 0.269 e. The van der Waals surface area contributed by atoms with Crippen molar-refractivity contribution < 1.29 is 4.92 Å². The van der Waals surface area contributed by atoms with Crippen molar-refractivity contribution in [2.75, 3.05) is 6.54 Å². The molecule has 0 atom stereocenters. The summed E-state index contributed by atoms with van der Waals surface area (Å²) in [7, 11) is 0. The molecule has 140 valence electrons. The minimum Gasteiger partial charge on any atom is -0.370 e. The number of hydrogen-bond acceptors (Lipinski definition) is 5. The molecule has 0 unspecified atom stereocenters. The number of aliphatic imine (C=N–C) groups is 1. The molecule has 2 N–H and O–H groups in total. The first-order chi connectivity index (χ1) is 13.6. The molecule has 3 aromatic rings. The fourth-order valence-electron chi connectivity index (χ4n) is 3.69. The minimum absolute atomic E-state index is 0.0737. The van der Waals surface area contributed by atoms with E-state index in [0.29, 0.717) is 19.0 Å². The van der Waals surface area contributed by atoms with E-state index in [1.807, 2.05) is 47.4 Å². The first-order valence-electron chi connectivity index (χ1n) is 9.03. The average Bonchev–Trinajstić information content (AvgIpc) is 3.07. The second-order valence-corrected chi connectivity index (χ2v) is 6.85. The van der Waals surface area contributed by atoms with E-state index in [-0.39, 0.29) is 10.6 Å². The van der Waals surface area contributed by atoms with Gasteiger partial charge in [0, 0.05) is 18.7 Å². The Balaban J connectivity index is 1.70. The van der Waals surface area contributed by atoms with Gasteiger partial charge in [-0.3, -0.25) is 10.1 Å². The van der Waals surface area contributed by atoms with E-state index in [0.717, 1.165) is 16.7 Å². The van der Waals surface area contributed by atoms with E-state index in [9.17, 15) is 10.1 Å². The Morgan fingerprint density at radius 1 is 0.964 bits per heavy atom. The molecule has 0 fully saturated rings. The van der Waals surface area contributed by atoms with Crippen LogP contribution in [0.5, 0.6) is 0 Å². The number of non-ortho nitro benzene ring substituents is 1. The van der Waals surface area contributed by atoms with Gasteiger partial charge in [-0.1, -0.05) is 72.8 Å². The Labute approximate surface area is 163 Å². The molecule has 0 aliphatic carbocycles. The summed E-state index contributed by atoms with van der Waals surface area (Å²) >= 11 is 0. The highest BCUT2D eigenvalue weighted by Crippen LogP contribution is 2.38. The zero-order valence-corrected chi connectivity index (χ0v) is 15.2. The minimum atomic E-state index is -0.604. The molecule has 0 bridgehead atoms. The van der Waals surface area contributed by atoms with Gasteiger partial charge in [-0.25, -0.2) is 4.99 Å². The van der Waals surface area contributed by atoms with E-state index in [1.54, 1.807) is 12.1 Å². The SMILES string of the molecule is NC1=NC(c2ccccc2)(c2ccccc2)CN1Cc1cccc([N+](=O)[O-])c1. The van der Waals surface area contributed by atoms with Gasteiger partial charge in [-0.05, 0) is 16.7 Å². The normalized spacial score (nSPS) is 15.3. The molecular formula is C22H20N4O2. The summed E-state index contributed by atoms with van der Waals surface area (Å²) in [5.41, 5.74) is 8.73. The predicted octanol–water partition coefficient (Wildman–Crippen LogP) is 3.67. The van der Waals surface area contributed by atoms with Crippen LogP contribution in [0, 0.1) is 10.1 Å². The Kier molecular flexibility index (Phi) is 4.53. The van der Waals surface area contributed by atoms with Gasteiger partial charge in [0.2, 0.25) is 0 Å². The molecule has 1 heterocycles. The van der Waals surface area contributed by atoms with Crippen molar-refractivity contribution in [2.24, 2.45) is 10.7 Å². The lowest BCUT2D eigenvalue weighted by molar-refractivity contribution is -0.384. The highest BCUT2D eigenvalue weighted by Gasteiger charge is 2.41. The third-order valence-corrected chi connectivity index (χ3v) is 5.05. The Morgan fingerprint density at radius 3 is 2.14 bits per heavy atom. The molecule has 0 saturated carbocycles.